The summed E-state index contributed by atoms with van der Waals surface area (Å²) in [4.78, 5) is 23.8. The molecule has 0 aromatic heterocycles. The summed E-state index contributed by atoms with van der Waals surface area (Å²) in [6.45, 7) is 2.36. The van der Waals surface area contributed by atoms with Crippen LogP contribution in [0.2, 0.25) is 0 Å². The van der Waals surface area contributed by atoms with Crippen LogP contribution in [-0.2, 0) is 4.79 Å². The summed E-state index contributed by atoms with van der Waals surface area (Å²) in [5, 5.41) is 11.3. The number of carbonyl (C=O) groups excluding carboxylic acids is 1. The maximum atomic E-state index is 11.6. The number of likely N-dealkylation sites (tertiary alicyclic amines) is 1. The molecule has 0 unspecified atom stereocenters. The minimum Gasteiger partial charge on any atom is -0.481 e. The first kappa shape index (κ1) is 13.8. The molecule has 1 fully saturated rings. The summed E-state index contributed by atoms with van der Waals surface area (Å²) in [6.07, 6.45) is 2.73. The minimum absolute atomic E-state index is 0.0628. The highest BCUT2D eigenvalue weighted by Gasteiger charge is 2.22. The number of urea groups is 1. The fourth-order valence-corrected chi connectivity index (χ4v) is 2.04. The summed E-state index contributed by atoms with van der Waals surface area (Å²) in [5.74, 6) is -0.308. The van der Waals surface area contributed by atoms with Crippen LogP contribution in [0.4, 0.5) is 4.79 Å². The highest BCUT2D eigenvalue weighted by molar-refractivity contribution is 5.74. The van der Waals surface area contributed by atoms with E-state index in [-0.39, 0.29) is 12.5 Å². The van der Waals surface area contributed by atoms with Gasteiger partial charge in [0.2, 0.25) is 0 Å². The molecular weight excluding hydrogens is 222 g/mol. The number of carboxylic acids is 1. The van der Waals surface area contributed by atoms with Crippen molar-refractivity contribution in [1.29, 1.82) is 0 Å². The molecule has 4 N–H and O–H groups in total. The molecule has 2 amide bonds. The number of rotatable bonds is 5. The van der Waals surface area contributed by atoms with E-state index in [0.717, 1.165) is 12.8 Å². The smallest absolute Gasteiger partial charge is 0.317 e. The molecular formula is C11H21N3O3. The number of nitrogens with one attached hydrogen (secondary N) is 1. The molecule has 0 aromatic rings. The SMILES string of the molecule is NCCNC(=O)N1CCC(CCC(=O)O)CC1. The van der Waals surface area contributed by atoms with E-state index in [1.54, 1.807) is 4.90 Å². The van der Waals surface area contributed by atoms with Crippen molar-refractivity contribution in [2.75, 3.05) is 26.2 Å². The first-order chi connectivity index (χ1) is 8.13. The van der Waals surface area contributed by atoms with Crippen LogP contribution in [0.15, 0.2) is 0 Å². The highest BCUT2D eigenvalue weighted by Crippen LogP contribution is 2.21. The summed E-state index contributed by atoms with van der Waals surface area (Å²) in [6, 6.07) is -0.0628. The Morgan fingerprint density at radius 1 is 1.35 bits per heavy atom. The van der Waals surface area contributed by atoms with Crippen molar-refractivity contribution in [2.45, 2.75) is 25.7 Å². The first-order valence-corrected chi connectivity index (χ1v) is 6.08. The molecule has 0 aliphatic carbocycles. The second-order valence-corrected chi connectivity index (χ2v) is 4.38. The third-order valence-electron chi connectivity index (χ3n) is 3.09. The van der Waals surface area contributed by atoms with Gasteiger partial charge >= 0.3 is 12.0 Å². The van der Waals surface area contributed by atoms with Gasteiger partial charge in [-0.1, -0.05) is 0 Å². The van der Waals surface area contributed by atoms with E-state index in [2.05, 4.69) is 5.32 Å². The largest absolute Gasteiger partial charge is 0.481 e. The first-order valence-electron chi connectivity index (χ1n) is 6.08. The molecule has 6 nitrogen and oxygen atoms in total. The Hall–Kier alpha value is -1.30. The molecule has 0 saturated carbocycles. The van der Waals surface area contributed by atoms with E-state index in [1.807, 2.05) is 0 Å². The van der Waals surface area contributed by atoms with Gasteiger partial charge in [-0.25, -0.2) is 4.79 Å². The lowest BCUT2D eigenvalue weighted by Crippen LogP contribution is -2.45. The molecule has 0 spiro atoms. The van der Waals surface area contributed by atoms with E-state index in [1.165, 1.54) is 0 Å². The van der Waals surface area contributed by atoms with E-state index in [4.69, 9.17) is 10.8 Å². The molecule has 0 aromatic carbocycles. The van der Waals surface area contributed by atoms with Crippen molar-refractivity contribution in [2.24, 2.45) is 11.7 Å². The molecule has 1 saturated heterocycles. The zero-order chi connectivity index (χ0) is 12.7. The van der Waals surface area contributed by atoms with Gasteiger partial charge in [-0.3, -0.25) is 4.79 Å². The van der Waals surface area contributed by atoms with Gasteiger partial charge in [0.25, 0.3) is 0 Å². The van der Waals surface area contributed by atoms with Crippen LogP contribution in [-0.4, -0.2) is 48.2 Å². The zero-order valence-electron chi connectivity index (χ0n) is 10.0. The fourth-order valence-electron chi connectivity index (χ4n) is 2.04. The Labute approximate surface area is 101 Å². The lowest BCUT2D eigenvalue weighted by Gasteiger charge is -2.31. The van der Waals surface area contributed by atoms with Crippen molar-refractivity contribution < 1.29 is 14.7 Å². The summed E-state index contributed by atoms with van der Waals surface area (Å²) in [7, 11) is 0. The number of carbonyl (C=O) groups is 2. The quantitative estimate of drug-likeness (QED) is 0.644. The number of amides is 2. The number of nitrogens with zero attached hydrogens (tertiary/aromatic N) is 1. The van der Waals surface area contributed by atoms with Gasteiger partial charge in [-0.15, -0.1) is 0 Å². The highest BCUT2D eigenvalue weighted by atomic mass is 16.4. The van der Waals surface area contributed by atoms with Gasteiger partial charge in [-0.2, -0.15) is 0 Å². The fraction of sp³-hybridized carbons (Fsp3) is 0.818. The Kier molecular flexibility index (Phi) is 5.76. The van der Waals surface area contributed by atoms with Gasteiger partial charge in [0.15, 0.2) is 0 Å². The van der Waals surface area contributed by atoms with Gasteiger partial charge in [0.05, 0.1) is 0 Å². The number of carboxylic acid groups (broad SMARTS) is 1. The third kappa shape index (κ3) is 5.04. The standard InChI is InChI=1S/C11H21N3O3/c12-5-6-13-11(17)14-7-3-9(4-8-14)1-2-10(15)16/h9H,1-8,12H2,(H,13,17)(H,15,16). The normalized spacial score (nSPS) is 16.9. The van der Waals surface area contributed by atoms with Crippen LogP contribution >= 0.6 is 0 Å². The van der Waals surface area contributed by atoms with Gasteiger partial charge < -0.3 is 21.1 Å². The van der Waals surface area contributed by atoms with Crippen molar-refractivity contribution in [1.82, 2.24) is 10.2 Å². The number of aliphatic carboxylic acids is 1. The number of piperidine rings is 1. The molecule has 98 valence electrons. The van der Waals surface area contributed by atoms with Gasteiger partial charge in [0, 0.05) is 32.6 Å². The second-order valence-electron chi connectivity index (χ2n) is 4.38. The van der Waals surface area contributed by atoms with Crippen molar-refractivity contribution in [3.8, 4) is 0 Å². The summed E-state index contributed by atoms with van der Waals surface area (Å²) >= 11 is 0. The minimum atomic E-state index is -0.742. The summed E-state index contributed by atoms with van der Waals surface area (Å²) < 4.78 is 0. The predicted octanol–water partition coefficient (Wildman–Crippen LogP) is 0.231. The predicted molar refractivity (Wildman–Crippen MR) is 63.6 cm³/mol. The molecule has 0 atom stereocenters. The average molecular weight is 243 g/mol. The van der Waals surface area contributed by atoms with Crippen LogP contribution in [0.1, 0.15) is 25.7 Å². The van der Waals surface area contributed by atoms with Crippen molar-refractivity contribution >= 4 is 12.0 Å². The van der Waals surface area contributed by atoms with Crippen LogP contribution in [0.5, 0.6) is 0 Å². The van der Waals surface area contributed by atoms with Gasteiger partial charge in [-0.05, 0) is 25.2 Å². The Bertz CT molecular complexity index is 263. The van der Waals surface area contributed by atoms with Crippen molar-refractivity contribution in [3.05, 3.63) is 0 Å². The maximum Gasteiger partial charge on any atom is 0.317 e. The monoisotopic (exact) mass is 243 g/mol. The van der Waals surface area contributed by atoms with Crippen LogP contribution in [0, 0.1) is 5.92 Å². The van der Waals surface area contributed by atoms with Crippen molar-refractivity contribution in [3.63, 3.8) is 0 Å². The number of hydrogen-bond acceptors (Lipinski definition) is 3. The molecule has 6 heteroatoms. The maximum absolute atomic E-state index is 11.6. The van der Waals surface area contributed by atoms with E-state index in [9.17, 15) is 9.59 Å². The molecule has 1 aliphatic heterocycles. The topological polar surface area (TPSA) is 95.7 Å². The Morgan fingerprint density at radius 3 is 2.53 bits per heavy atom. The zero-order valence-corrected chi connectivity index (χ0v) is 10.0. The van der Waals surface area contributed by atoms with E-state index in [0.29, 0.717) is 38.5 Å². The summed E-state index contributed by atoms with van der Waals surface area (Å²) in [5.41, 5.74) is 5.31. The molecule has 17 heavy (non-hydrogen) atoms. The molecule has 1 aliphatic rings. The number of hydrogen-bond donors (Lipinski definition) is 3. The van der Waals surface area contributed by atoms with Gasteiger partial charge in [0.1, 0.15) is 0 Å². The van der Waals surface area contributed by atoms with E-state index >= 15 is 0 Å². The van der Waals surface area contributed by atoms with Crippen LogP contribution in [0.25, 0.3) is 0 Å². The Morgan fingerprint density at radius 2 is 2.00 bits per heavy atom. The third-order valence-corrected chi connectivity index (χ3v) is 3.09. The second kappa shape index (κ2) is 7.11. The lowest BCUT2D eigenvalue weighted by atomic mass is 9.92. The Balaban J connectivity index is 2.20. The molecule has 0 radical (unpaired) electrons. The van der Waals surface area contributed by atoms with Crippen LogP contribution in [0.3, 0.4) is 0 Å². The lowest BCUT2D eigenvalue weighted by molar-refractivity contribution is -0.137. The number of nitrogens with two attached hydrogens (primary N) is 1. The van der Waals surface area contributed by atoms with E-state index < -0.39 is 5.97 Å². The average Bonchev–Trinajstić information content (AvgIpc) is 2.34. The van der Waals surface area contributed by atoms with Crippen LogP contribution < -0.4 is 11.1 Å². The molecule has 0 bridgehead atoms. The molecule has 1 rings (SSSR count). The molecule has 1 heterocycles.